The average Bonchev–Trinajstić information content (AvgIpc) is 2.53. The van der Waals surface area contributed by atoms with Crippen molar-refractivity contribution < 1.29 is 14.3 Å². The number of carbonyl (C=O) groups excluding carboxylic acids is 1. The summed E-state index contributed by atoms with van der Waals surface area (Å²) in [7, 11) is 3.33. The second-order valence-electron chi connectivity index (χ2n) is 5.22. The summed E-state index contributed by atoms with van der Waals surface area (Å²) < 4.78 is 11.0. The van der Waals surface area contributed by atoms with Crippen molar-refractivity contribution in [2.75, 3.05) is 14.2 Å². The van der Waals surface area contributed by atoms with E-state index >= 15 is 0 Å². The molecule has 0 spiro atoms. The van der Waals surface area contributed by atoms with Crippen LogP contribution in [0.4, 0.5) is 0 Å². The van der Waals surface area contributed by atoms with Crippen LogP contribution < -0.4 is 9.47 Å². The Morgan fingerprint density at radius 2 is 1.55 bits per heavy atom. The van der Waals surface area contributed by atoms with Crippen molar-refractivity contribution in [3.05, 3.63) is 40.5 Å². The maximum absolute atomic E-state index is 11.6. The molecule has 22 heavy (non-hydrogen) atoms. The summed E-state index contributed by atoms with van der Waals surface area (Å²) in [6.45, 7) is 9.46. The summed E-state index contributed by atoms with van der Waals surface area (Å²) in [5, 5.41) is 0. The van der Waals surface area contributed by atoms with E-state index in [-0.39, 0.29) is 5.78 Å². The molecule has 0 aromatic heterocycles. The largest absolute Gasteiger partial charge is 0.496 e. The highest BCUT2D eigenvalue weighted by molar-refractivity contribution is 5.98. The number of hydrogen-bond donors (Lipinski definition) is 0. The minimum atomic E-state index is 0.0842. The van der Waals surface area contributed by atoms with E-state index in [2.05, 4.69) is 6.92 Å². The van der Waals surface area contributed by atoms with Gasteiger partial charge in [0, 0.05) is 5.56 Å². The Labute approximate surface area is 133 Å². The number of hydrogen-bond acceptors (Lipinski definition) is 3. The van der Waals surface area contributed by atoms with Gasteiger partial charge in [-0.1, -0.05) is 13.0 Å². The highest BCUT2D eigenvalue weighted by Gasteiger charge is 2.15. The van der Waals surface area contributed by atoms with Gasteiger partial charge in [-0.2, -0.15) is 0 Å². The van der Waals surface area contributed by atoms with E-state index in [0.29, 0.717) is 0 Å². The molecule has 0 atom stereocenters. The van der Waals surface area contributed by atoms with Gasteiger partial charge in [0.05, 0.1) is 14.2 Å². The number of Topliss-reactive ketones (excluding diaryl/α,β-unsaturated/α-hetero) is 1. The summed E-state index contributed by atoms with van der Waals surface area (Å²) in [6, 6.07) is 4.02. The number of rotatable bonds is 6. The zero-order chi connectivity index (χ0) is 16.9. The molecule has 1 aromatic carbocycles. The number of carbonyl (C=O) groups is 1. The summed E-state index contributed by atoms with van der Waals surface area (Å²) in [4.78, 5) is 11.6. The first-order chi connectivity index (χ1) is 10.4. The monoisotopic (exact) mass is 302 g/mol. The van der Waals surface area contributed by atoms with E-state index in [1.807, 2.05) is 39.0 Å². The van der Waals surface area contributed by atoms with Crippen LogP contribution in [0, 0.1) is 0 Å². The molecule has 1 rings (SSSR count). The fourth-order valence-corrected chi connectivity index (χ4v) is 2.55. The lowest BCUT2D eigenvalue weighted by Gasteiger charge is -2.17. The van der Waals surface area contributed by atoms with E-state index in [4.69, 9.17) is 9.47 Å². The van der Waals surface area contributed by atoms with Gasteiger partial charge in [0.25, 0.3) is 0 Å². The number of ketones is 1. The van der Waals surface area contributed by atoms with Crippen LogP contribution >= 0.6 is 0 Å². The zero-order valence-electron chi connectivity index (χ0n) is 14.7. The Morgan fingerprint density at radius 3 is 1.86 bits per heavy atom. The van der Waals surface area contributed by atoms with Crippen molar-refractivity contribution >= 4 is 11.4 Å². The molecule has 0 bridgehead atoms. The molecule has 0 saturated heterocycles. The molecular formula is C19H26O3. The predicted molar refractivity (Wildman–Crippen MR) is 91.6 cm³/mol. The van der Waals surface area contributed by atoms with Crippen LogP contribution in [0.25, 0.3) is 5.57 Å². The maximum atomic E-state index is 11.6. The molecule has 0 heterocycles. The van der Waals surface area contributed by atoms with Gasteiger partial charge >= 0.3 is 0 Å². The number of allylic oxidation sites excluding steroid dienone is 4. The van der Waals surface area contributed by atoms with Crippen LogP contribution in [0.3, 0.4) is 0 Å². The summed E-state index contributed by atoms with van der Waals surface area (Å²) in [5.41, 5.74) is 4.81. The first kappa shape index (κ1) is 18.0. The normalized spacial score (nSPS) is 12.8. The lowest BCUT2D eigenvalue weighted by Crippen LogP contribution is -2.01. The molecule has 0 saturated carbocycles. The summed E-state index contributed by atoms with van der Waals surface area (Å²) >= 11 is 0. The molecule has 1 aromatic rings. The molecule has 3 heteroatoms. The smallest absolute Gasteiger partial charge is 0.155 e. The molecular weight excluding hydrogens is 276 g/mol. The van der Waals surface area contributed by atoms with Crippen molar-refractivity contribution in [3.63, 3.8) is 0 Å². The van der Waals surface area contributed by atoms with Crippen LogP contribution in [0.1, 0.15) is 45.7 Å². The van der Waals surface area contributed by atoms with Gasteiger partial charge in [-0.15, -0.1) is 0 Å². The van der Waals surface area contributed by atoms with Crippen molar-refractivity contribution in [3.8, 4) is 11.5 Å². The Hall–Kier alpha value is -2.03. The molecule has 0 unspecified atom stereocenters. The van der Waals surface area contributed by atoms with Gasteiger partial charge in [-0.25, -0.2) is 0 Å². The zero-order valence-corrected chi connectivity index (χ0v) is 14.7. The van der Waals surface area contributed by atoms with Gasteiger partial charge < -0.3 is 9.47 Å². The van der Waals surface area contributed by atoms with Crippen molar-refractivity contribution in [1.29, 1.82) is 0 Å². The third-order valence-electron chi connectivity index (χ3n) is 4.06. The van der Waals surface area contributed by atoms with Gasteiger partial charge in [-0.05, 0) is 68.5 Å². The highest BCUT2D eigenvalue weighted by Crippen LogP contribution is 2.36. The molecule has 3 nitrogen and oxygen atoms in total. The fourth-order valence-electron chi connectivity index (χ4n) is 2.55. The van der Waals surface area contributed by atoms with E-state index in [0.717, 1.165) is 45.8 Å². The molecule has 0 aliphatic rings. The molecule has 0 N–H and O–H groups in total. The van der Waals surface area contributed by atoms with E-state index in [1.165, 1.54) is 0 Å². The molecule has 0 aliphatic carbocycles. The van der Waals surface area contributed by atoms with Gasteiger partial charge in [-0.3, -0.25) is 4.79 Å². The topological polar surface area (TPSA) is 35.5 Å². The minimum absolute atomic E-state index is 0.0842. The predicted octanol–water partition coefficient (Wildman–Crippen LogP) is 4.59. The second-order valence-corrected chi connectivity index (χ2v) is 5.22. The quantitative estimate of drug-likeness (QED) is 0.569. The maximum Gasteiger partial charge on any atom is 0.155 e. The lowest BCUT2D eigenvalue weighted by atomic mass is 9.92. The van der Waals surface area contributed by atoms with Gasteiger partial charge in [0.2, 0.25) is 0 Å². The van der Waals surface area contributed by atoms with Crippen LogP contribution in [0.5, 0.6) is 11.5 Å². The molecule has 0 aliphatic heterocycles. The second kappa shape index (κ2) is 7.83. The number of methoxy groups -OCH3 is 2. The molecule has 0 fully saturated rings. The van der Waals surface area contributed by atoms with Gasteiger partial charge in [0.1, 0.15) is 11.5 Å². The van der Waals surface area contributed by atoms with E-state index in [1.54, 1.807) is 21.1 Å². The fraction of sp³-hybridized carbons (Fsp3) is 0.421. The summed E-state index contributed by atoms with van der Waals surface area (Å²) in [6.07, 6.45) is 2.85. The van der Waals surface area contributed by atoms with E-state index in [9.17, 15) is 4.79 Å². The van der Waals surface area contributed by atoms with Crippen LogP contribution in [-0.2, 0) is 11.2 Å². The van der Waals surface area contributed by atoms with Crippen LogP contribution in [0.2, 0.25) is 0 Å². The standard InChI is InChI=1S/C19H26O3/c1-8-16(13(4)12(3)14(5)20)15-10-18(21-6)17(9-2)19(11-15)22-7/h8,10-11H,9H2,1-7H3/b13-12-,16-8+. The van der Waals surface area contributed by atoms with Gasteiger partial charge in [0.15, 0.2) is 5.78 Å². The molecule has 0 radical (unpaired) electrons. The van der Waals surface area contributed by atoms with Crippen molar-refractivity contribution in [2.24, 2.45) is 0 Å². The van der Waals surface area contributed by atoms with Crippen molar-refractivity contribution in [2.45, 2.75) is 41.0 Å². The Kier molecular flexibility index (Phi) is 6.41. The Morgan fingerprint density at radius 1 is 1.05 bits per heavy atom. The van der Waals surface area contributed by atoms with Crippen LogP contribution in [-0.4, -0.2) is 20.0 Å². The number of benzene rings is 1. The first-order valence-electron chi connectivity index (χ1n) is 7.51. The third-order valence-corrected chi connectivity index (χ3v) is 4.06. The third kappa shape index (κ3) is 3.59. The van der Waals surface area contributed by atoms with Crippen LogP contribution in [0.15, 0.2) is 29.4 Å². The first-order valence-corrected chi connectivity index (χ1v) is 7.51. The summed E-state index contributed by atoms with van der Waals surface area (Å²) in [5.74, 6) is 1.70. The van der Waals surface area contributed by atoms with E-state index < -0.39 is 0 Å². The molecule has 0 amide bonds. The highest BCUT2D eigenvalue weighted by atomic mass is 16.5. The Bertz CT molecular complexity index is 597. The molecule has 120 valence electrons. The minimum Gasteiger partial charge on any atom is -0.496 e. The van der Waals surface area contributed by atoms with Crippen molar-refractivity contribution in [1.82, 2.24) is 0 Å². The Balaban J connectivity index is 3.54. The average molecular weight is 302 g/mol. The number of ether oxygens (including phenoxy) is 2. The SMILES string of the molecule is C/C=C(\C(C)=C(\C)C(C)=O)c1cc(OC)c(CC)c(OC)c1. The lowest BCUT2D eigenvalue weighted by molar-refractivity contribution is -0.113.